The van der Waals surface area contributed by atoms with Crippen molar-refractivity contribution < 1.29 is 0 Å². The maximum atomic E-state index is 12.6. The summed E-state index contributed by atoms with van der Waals surface area (Å²) in [4.78, 5) is 19.5. The molecule has 0 radical (unpaired) electrons. The third kappa shape index (κ3) is 3.32. The molecule has 1 aromatic heterocycles. The van der Waals surface area contributed by atoms with Crippen molar-refractivity contribution in [3.8, 4) is 0 Å². The number of aromatic nitrogens is 2. The second-order valence-electron chi connectivity index (χ2n) is 6.94. The monoisotopic (exact) mass is 313 g/mol. The maximum absolute atomic E-state index is 12.6. The highest BCUT2D eigenvalue weighted by Crippen LogP contribution is 2.24. The van der Waals surface area contributed by atoms with Crippen LogP contribution in [0.3, 0.4) is 0 Å². The van der Waals surface area contributed by atoms with Gasteiger partial charge < -0.3 is 4.90 Å². The summed E-state index contributed by atoms with van der Waals surface area (Å²) in [6.07, 6.45) is 2.33. The highest BCUT2D eigenvalue weighted by molar-refractivity contribution is 5.81. The Morgan fingerprint density at radius 1 is 1.22 bits per heavy atom. The van der Waals surface area contributed by atoms with Gasteiger partial charge in [-0.3, -0.25) is 4.57 Å². The van der Waals surface area contributed by atoms with Crippen LogP contribution >= 0.6 is 0 Å². The van der Waals surface area contributed by atoms with Gasteiger partial charge in [-0.05, 0) is 50.4 Å². The number of hydrogen-bond donors (Lipinski definition) is 0. The molecule has 0 aliphatic carbocycles. The molecule has 1 fully saturated rings. The van der Waals surface area contributed by atoms with Crippen LogP contribution in [0.2, 0.25) is 0 Å². The molecule has 23 heavy (non-hydrogen) atoms. The van der Waals surface area contributed by atoms with Gasteiger partial charge in [-0.2, -0.15) is 4.98 Å². The van der Waals surface area contributed by atoms with Gasteiger partial charge in [-0.1, -0.05) is 39.0 Å². The zero-order chi connectivity index (χ0) is 16.4. The molecule has 0 amide bonds. The first kappa shape index (κ1) is 16.2. The molecule has 2 aromatic rings. The fourth-order valence-electron chi connectivity index (χ4n) is 3.61. The van der Waals surface area contributed by atoms with E-state index in [4.69, 9.17) is 0 Å². The largest absolute Gasteiger partial charge is 0.348 e. The summed E-state index contributed by atoms with van der Waals surface area (Å²) in [6, 6.07) is 8.20. The molecule has 0 atom stereocenters. The molecule has 4 nitrogen and oxygen atoms in total. The van der Waals surface area contributed by atoms with Crippen LogP contribution in [0.4, 0.5) is 0 Å². The lowest BCUT2D eigenvalue weighted by Gasteiger charge is -2.31. The average molecular weight is 313 g/mol. The molecule has 0 saturated carbocycles. The zero-order valence-electron chi connectivity index (χ0n) is 14.5. The number of benzene rings is 1. The molecule has 1 aromatic carbocycles. The number of piperidine rings is 1. The van der Waals surface area contributed by atoms with Gasteiger partial charge in [0, 0.05) is 11.9 Å². The molecule has 0 bridgehead atoms. The van der Waals surface area contributed by atoms with Crippen LogP contribution in [0.5, 0.6) is 0 Å². The van der Waals surface area contributed by atoms with Crippen LogP contribution < -0.4 is 5.69 Å². The molecule has 1 aliphatic heterocycles. The summed E-state index contributed by atoms with van der Waals surface area (Å²) in [5, 5.41) is 1.12. The Hall–Kier alpha value is -1.68. The predicted molar refractivity (Wildman–Crippen MR) is 94.9 cm³/mol. The van der Waals surface area contributed by atoms with Crippen LogP contribution in [0.15, 0.2) is 29.1 Å². The van der Waals surface area contributed by atoms with Crippen molar-refractivity contribution in [1.29, 1.82) is 0 Å². The van der Waals surface area contributed by atoms with E-state index in [9.17, 15) is 4.79 Å². The fourth-order valence-corrected chi connectivity index (χ4v) is 3.61. The van der Waals surface area contributed by atoms with Crippen molar-refractivity contribution in [2.75, 3.05) is 19.6 Å². The lowest BCUT2D eigenvalue weighted by Crippen LogP contribution is -2.36. The highest BCUT2D eigenvalue weighted by Gasteiger charge is 2.20. The van der Waals surface area contributed by atoms with Crippen molar-refractivity contribution in [2.24, 2.45) is 5.92 Å². The second-order valence-corrected chi connectivity index (χ2v) is 6.94. The van der Waals surface area contributed by atoms with Crippen molar-refractivity contribution >= 4 is 10.9 Å². The third-order valence-electron chi connectivity index (χ3n) is 5.06. The Morgan fingerprint density at radius 2 is 1.91 bits per heavy atom. The molecular formula is C19H27N3O. The zero-order valence-corrected chi connectivity index (χ0v) is 14.5. The normalized spacial score (nSPS) is 17.2. The summed E-state index contributed by atoms with van der Waals surface area (Å²) < 4.78 is 1.90. The number of likely N-dealkylation sites (tertiary alicyclic amines) is 1. The minimum Gasteiger partial charge on any atom is -0.304 e. The standard InChI is InChI=1S/C19H27N3O/c1-4-21-11-9-15(10-12-21)13-22-17-8-6-5-7-16(17)18(14(2)3)20-19(22)23/h5-8,14-15H,4,9-13H2,1-3H3. The molecule has 1 saturated heterocycles. The van der Waals surface area contributed by atoms with Gasteiger partial charge in [0.25, 0.3) is 0 Å². The Bertz CT molecular complexity index is 727. The number of hydrogen-bond acceptors (Lipinski definition) is 3. The topological polar surface area (TPSA) is 38.1 Å². The third-order valence-corrected chi connectivity index (χ3v) is 5.06. The summed E-state index contributed by atoms with van der Waals surface area (Å²) in [5.41, 5.74) is 1.86. The minimum atomic E-state index is -0.0923. The van der Waals surface area contributed by atoms with Crippen LogP contribution in [-0.2, 0) is 6.54 Å². The summed E-state index contributed by atoms with van der Waals surface area (Å²) in [7, 11) is 0. The molecule has 1 aliphatic rings. The van der Waals surface area contributed by atoms with E-state index in [0.717, 1.165) is 42.8 Å². The molecule has 124 valence electrons. The first-order chi connectivity index (χ1) is 11.1. The fraction of sp³-hybridized carbons (Fsp3) is 0.579. The summed E-state index contributed by atoms with van der Waals surface area (Å²) >= 11 is 0. The highest BCUT2D eigenvalue weighted by atomic mass is 16.1. The van der Waals surface area contributed by atoms with Gasteiger partial charge in [0.05, 0.1) is 11.2 Å². The Morgan fingerprint density at radius 3 is 2.57 bits per heavy atom. The lowest BCUT2D eigenvalue weighted by atomic mass is 9.96. The van der Waals surface area contributed by atoms with Crippen molar-refractivity contribution in [2.45, 2.75) is 46.1 Å². The van der Waals surface area contributed by atoms with Crippen LogP contribution in [0.1, 0.15) is 45.2 Å². The Balaban J connectivity index is 1.94. The first-order valence-electron chi connectivity index (χ1n) is 8.82. The van der Waals surface area contributed by atoms with Gasteiger partial charge in [0.15, 0.2) is 0 Å². The quantitative estimate of drug-likeness (QED) is 0.869. The number of fused-ring (bicyclic) bond motifs is 1. The molecule has 4 heteroatoms. The Kier molecular flexibility index (Phi) is 4.81. The first-order valence-corrected chi connectivity index (χ1v) is 8.82. The molecule has 0 unspecified atom stereocenters. The molecule has 3 rings (SSSR count). The van der Waals surface area contributed by atoms with E-state index in [1.807, 2.05) is 16.7 Å². The molecule has 2 heterocycles. The number of para-hydroxylation sites is 1. The van der Waals surface area contributed by atoms with E-state index < -0.39 is 0 Å². The molecule has 0 spiro atoms. The van der Waals surface area contributed by atoms with Crippen LogP contribution in [0.25, 0.3) is 10.9 Å². The van der Waals surface area contributed by atoms with Gasteiger partial charge >= 0.3 is 5.69 Å². The van der Waals surface area contributed by atoms with E-state index >= 15 is 0 Å². The van der Waals surface area contributed by atoms with E-state index in [-0.39, 0.29) is 11.6 Å². The van der Waals surface area contributed by atoms with E-state index in [2.05, 4.69) is 42.8 Å². The SMILES string of the molecule is CCN1CCC(Cn2c(=O)nc(C(C)C)c3ccccc32)CC1. The van der Waals surface area contributed by atoms with Crippen molar-refractivity contribution in [1.82, 2.24) is 14.5 Å². The average Bonchev–Trinajstić information content (AvgIpc) is 2.57. The van der Waals surface area contributed by atoms with E-state index in [0.29, 0.717) is 5.92 Å². The van der Waals surface area contributed by atoms with Gasteiger partial charge in [-0.25, -0.2) is 4.79 Å². The van der Waals surface area contributed by atoms with Gasteiger partial charge in [-0.15, -0.1) is 0 Å². The number of nitrogens with zero attached hydrogens (tertiary/aromatic N) is 3. The summed E-state index contributed by atoms with van der Waals surface area (Å²) in [6.45, 7) is 10.6. The smallest absolute Gasteiger partial charge is 0.304 e. The molecular weight excluding hydrogens is 286 g/mol. The summed E-state index contributed by atoms with van der Waals surface area (Å²) in [5.74, 6) is 0.834. The maximum Gasteiger partial charge on any atom is 0.348 e. The van der Waals surface area contributed by atoms with E-state index in [1.54, 1.807) is 0 Å². The predicted octanol–water partition coefficient (Wildman–Crippen LogP) is 3.25. The molecule has 0 N–H and O–H groups in total. The van der Waals surface area contributed by atoms with Crippen molar-refractivity contribution in [3.63, 3.8) is 0 Å². The van der Waals surface area contributed by atoms with E-state index in [1.165, 1.54) is 12.8 Å². The Labute approximate surface area is 138 Å². The van der Waals surface area contributed by atoms with Gasteiger partial charge in [0.2, 0.25) is 0 Å². The second kappa shape index (κ2) is 6.83. The van der Waals surface area contributed by atoms with Gasteiger partial charge in [0.1, 0.15) is 0 Å². The number of rotatable bonds is 4. The lowest BCUT2D eigenvalue weighted by molar-refractivity contribution is 0.181. The van der Waals surface area contributed by atoms with Crippen molar-refractivity contribution in [3.05, 3.63) is 40.4 Å². The van der Waals surface area contributed by atoms with Crippen LogP contribution in [-0.4, -0.2) is 34.1 Å². The van der Waals surface area contributed by atoms with Crippen LogP contribution in [0, 0.1) is 5.92 Å². The minimum absolute atomic E-state index is 0.0923.